The molecule has 0 aliphatic heterocycles. The molecule has 1 heterocycles. The van der Waals surface area contributed by atoms with Gasteiger partial charge in [-0.3, -0.25) is 4.79 Å². The molecule has 0 saturated heterocycles. The van der Waals surface area contributed by atoms with E-state index in [0.29, 0.717) is 5.56 Å². The highest BCUT2D eigenvalue weighted by molar-refractivity contribution is 7.99. The molecular weight excluding hydrogens is 374 g/mol. The van der Waals surface area contributed by atoms with Crippen LogP contribution in [0.4, 0.5) is 0 Å². The van der Waals surface area contributed by atoms with Crippen molar-refractivity contribution >= 4 is 23.9 Å². The number of aromatic amines is 1. The van der Waals surface area contributed by atoms with Crippen molar-refractivity contribution in [1.29, 1.82) is 0 Å². The van der Waals surface area contributed by atoms with Gasteiger partial charge in [-0.25, -0.2) is 9.99 Å². The number of hydrogen-bond acceptors (Lipinski definition) is 5. The summed E-state index contributed by atoms with van der Waals surface area (Å²) in [4.78, 5) is 12.0. The van der Waals surface area contributed by atoms with Crippen molar-refractivity contribution in [2.75, 3.05) is 5.75 Å². The molecule has 0 spiro atoms. The van der Waals surface area contributed by atoms with Crippen LogP contribution in [0.25, 0.3) is 11.4 Å². The summed E-state index contributed by atoms with van der Waals surface area (Å²) < 4.78 is 2.04. The predicted molar refractivity (Wildman–Crippen MR) is 109 cm³/mol. The molecule has 0 saturated carbocycles. The topological polar surface area (TPSA) is 94.2 Å². The SMILES string of the molecule is CC[n+]1c(SCC(=O)N/N=C/c2cccc(O)c2)n[nH]c1-c1ccc(C)cc1. The molecule has 8 heteroatoms. The van der Waals surface area contributed by atoms with Crippen LogP contribution in [0.5, 0.6) is 5.75 Å². The second-order valence-corrected chi connectivity index (χ2v) is 7.08. The number of aromatic nitrogens is 3. The zero-order chi connectivity index (χ0) is 19.9. The van der Waals surface area contributed by atoms with E-state index in [1.165, 1.54) is 23.5 Å². The van der Waals surface area contributed by atoms with E-state index in [-0.39, 0.29) is 17.4 Å². The minimum atomic E-state index is -0.232. The molecule has 3 N–H and O–H groups in total. The van der Waals surface area contributed by atoms with Gasteiger partial charge in [0, 0.05) is 0 Å². The fraction of sp³-hybridized carbons (Fsp3) is 0.200. The highest BCUT2D eigenvalue weighted by atomic mass is 32.2. The maximum absolute atomic E-state index is 12.0. The van der Waals surface area contributed by atoms with Gasteiger partial charge in [0.15, 0.2) is 0 Å². The van der Waals surface area contributed by atoms with Gasteiger partial charge < -0.3 is 5.11 Å². The number of rotatable bonds is 7. The predicted octanol–water partition coefficient (Wildman–Crippen LogP) is 2.64. The van der Waals surface area contributed by atoms with Gasteiger partial charge in [0.05, 0.1) is 29.2 Å². The normalized spacial score (nSPS) is 11.1. The monoisotopic (exact) mass is 396 g/mol. The Hall–Kier alpha value is -3.13. The molecule has 1 aromatic heterocycles. The van der Waals surface area contributed by atoms with Crippen molar-refractivity contribution in [3.8, 4) is 17.1 Å². The molecule has 2 aromatic carbocycles. The summed E-state index contributed by atoms with van der Waals surface area (Å²) in [7, 11) is 0. The molecule has 0 bridgehead atoms. The van der Waals surface area contributed by atoms with Crippen molar-refractivity contribution in [3.63, 3.8) is 0 Å². The minimum absolute atomic E-state index is 0.151. The third kappa shape index (κ3) is 4.98. The Morgan fingerprint density at radius 3 is 2.82 bits per heavy atom. The van der Waals surface area contributed by atoms with Gasteiger partial charge in [0.2, 0.25) is 0 Å². The lowest BCUT2D eigenvalue weighted by atomic mass is 10.1. The number of hydrazone groups is 1. The van der Waals surface area contributed by atoms with E-state index < -0.39 is 0 Å². The van der Waals surface area contributed by atoms with Crippen LogP contribution in [0.3, 0.4) is 0 Å². The summed E-state index contributed by atoms with van der Waals surface area (Å²) in [6.07, 6.45) is 1.48. The quantitative estimate of drug-likeness (QED) is 0.248. The largest absolute Gasteiger partial charge is 0.508 e. The average Bonchev–Trinajstić information content (AvgIpc) is 3.10. The number of nitrogens with one attached hydrogen (secondary N) is 2. The van der Waals surface area contributed by atoms with Crippen LogP contribution >= 0.6 is 11.8 Å². The number of H-pyrrole nitrogens is 1. The standard InChI is InChI=1S/C20H21N5O2S/c1-3-25-19(16-9-7-14(2)8-10-16)23-24-20(25)28-13-18(27)22-21-12-15-5-4-6-17(26)11-15/h4-12H,3,13H2,1-2H3,(H2,22,26,27)/p+1/b21-12+. The van der Waals surface area contributed by atoms with Gasteiger partial charge in [0.1, 0.15) is 5.75 Å². The Balaban J connectivity index is 1.59. The van der Waals surface area contributed by atoms with Gasteiger partial charge in [-0.05, 0) is 55.4 Å². The molecule has 7 nitrogen and oxygen atoms in total. The van der Waals surface area contributed by atoms with Crippen LogP contribution in [-0.2, 0) is 11.3 Å². The van der Waals surface area contributed by atoms with Gasteiger partial charge in [-0.1, -0.05) is 29.8 Å². The minimum Gasteiger partial charge on any atom is -0.508 e. The first-order valence-corrected chi connectivity index (χ1v) is 9.84. The molecule has 0 aliphatic rings. The van der Waals surface area contributed by atoms with Gasteiger partial charge in [0.25, 0.3) is 11.7 Å². The smallest absolute Gasteiger partial charge is 0.337 e. The number of nitrogens with zero attached hydrogens (tertiary/aromatic N) is 3. The first-order chi connectivity index (χ1) is 13.6. The number of thioether (sulfide) groups is 1. The Morgan fingerprint density at radius 2 is 2.11 bits per heavy atom. The Bertz CT molecular complexity index is 983. The Kier molecular flexibility index (Phi) is 6.44. The van der Waals surface area contributed by atoms with E-state index in [1.54, 1.807) is 24.3 Å². The lowest BCUT2D eigenvalue weighted by molar-refractivity contribution is -0.719. The number of hydrogen-bond donors (Lipinski definition) is 3. The molecular formula is C20H22N5O2S+. The summed E-state index contributed by atoms with van der Waals surface area (Å²) in [5, 5.41) is 21.5. The molecule has 0 fully saturated rings. The number of benzene rings is 2. The van der Waals surface area contributed by atoms with Crippen molar-refractivity contribution in [1.82, 2.24) is 15.6 Å². The van der Waals surface area contributed by atoms with E-state index >= 15 is 0 Å². The Morgan fingerprint density at radius 1 is 1.32 bits per heavy atom. The summed E-state index contributed by atoms with van der Waals surface area (Å²) >= 11 is 1.34. The van der Waals surface area contributed by atoms with Crippen LogP contribution in [0.15, 0.2) is 58.8 Å². The average molecular weight is 396 g/mol. The summed E-state index contributed by atoms with van der Waals surface area (Å²) in [5.41, 5.74) is 5.43. The third-order valence-electron chi connectivity index (χ3n) is 4.00. The highest BCUT2D eigenvalue weighted by Gasteiger charge is 2.21. The highest BCUT2D eigenvalue weighted by Crippen LogP contribution is 2.18. The lowest BCUT2D eigenvalue weighted by Crippen LogP contribution is -2.36. The first-order valence-electron chi connectivity index (χ1n) is 8.86. The molecule has 0 atom stereocenters. The zero-order valence-corrected chi connectivity index (χ0v) is 16.5. The van der Waals surface area contributed by atoms with E-state index in [4.69, 9.17) is 0 Å². The van der Waals surface area contributed by atoms with Crippen LogP contribution < -0.4 is 9.99 Å². The van der Waals surface area contributed by atoms with Crippen LogP contribution in [0, 0.1) is 6.92 Å². The number of aryl methyl sites for hydroxylation is 1. The number of carbonyl (C=O) groups excluding carboxylic acids is 1. The molecule has 1 amide bonds. The number of carbonyl (C=O) groups is 1. The number of aromatic hydroxyl groups is 1. The molecule has 144 valence electrons. The van der Waals surface area contributed by atoms with Crippen LogP contribution in [-0.4, -0.2) is 33.2 Å². The molecule has 3 aromatic rings. The summed E-state index contributed by atoms with van der Waals surface area (Å²) in [6, 6.07) is 14.8. The van der Waals surface area contributed by atoms with E-state index in [1.807, 2.05) is 30.5 Å². The van der Waals surface area contributed by atoms with E-state index in [9.17, 15) is 9.90 Å². The first kappa shape index (κ1) is 19.6. The lowest BCUT2D eigenvalue weighted by Gasteiger charge is -2.02. The number of phenols is 1. The second-order valence-electron chi connectivity index (χ2n) is 6.14. The molecule has 0 unspecified atom stereocenters. The van der Waals surface area contributed by atoms with E-state index in [0.717, 1.165) is 23.1 Å². The van der Waals surface area contributed by atoms with Gasteiger partial charge in [-0.15, -0.1) is 5.10 Å². The van der Waals surface area contributed by atoms with Crippen molar-refractivity contribution in [3.05, 3.63) is 59.7 Å². The molecule has 0 radical (unpaired) electrons. The van der Waals surface area contributed by atoms with Gasteiger partial charge in [-0.2, -0.15) is 5.10 Å². The maximum Gasteiger partial charge on any atom is 0.337 e. The fourth-order valence-electron chi connectivity index (χ4n) is 2.60. The van der Waals surface area contributed by atoms with Crippen molar-refractivity contribution < 1.29 is 14.5 Å². The molecule has 0 aliphatic carbocycles. The van der Waals surface area contributed by atoms with E-state index in [2.05, 4.69) is 32.9 Å². The van der Waals surface area contributed by atoms with Crippen LogP contribution in [0.1, 0.15) is 18.1 Å². The van der Waals surface area contributed by atoms with Crippen molar-refractivity contribution in [2.24, 2.45) is 5.10 Å². The summed E-state index contributed by atoms with van der Waals surface area (Å²) in [6.45, 7) is 4.82. The third-order valence-corrected chi connectivity index (χ3v) is 4.98. The Labute approximate surface area is 167 Å². The zero-order valence-electron chi connectivity index (χ0n) is 15.7. The second kappa shape index (κ2) is 9.18. The van der Waals surface area contributed by atoms with Crippen molar-refractivity contribution in [2.45, 2.75) is 25.5 Å². The molecule has 28 heavy (non-hydrogen) atoms. The number of phenolic OH excluding ortho intramolecular Hbond substituents is 1. The summed E-state index contributed by atoms with van der Waals surface area (Å²) in [5.74, 6) is 1.02. The molecule has 3 rings (SSSR count). The fourth-order valence-corrected chi connectivity index (χ4v) is 3.41. The van der Waals surface area contributed by atoms with Crippen LogP contribution in [0.2, 0.25) is 0 Å². The van der Waals surface area contributed by atoms with Gasteiger partial charge >= 0.3 is 5.16 Å². The number of amides is 1. The maximum atomic E-state index is 12.0.